The second-order valence-electron chi connectivity index (χ2n) is 3.69. The number of aliphatic hydroxyl groups is 1. The zero-order valence-corrected chi connectivity index (χ0v) is 10.0. The van der Waals surface area contributed by atoms with E-state index >= 15 is 0 Å². The van der Waals surface area contributed by atoms with Crippen LogP contribution in [0.5, 0.6) is 0 Å². The lowest BCUT2D eigenvalue weighted by molar-refractivity contribution is -0.154. The largest absolute Gasteiger partial charge is 0.403 e. The zero-order valence-electron chi connectivity index (χ0n) is 9.22. The summed E-state index contributed by atoms with van der Waals surface area (Å²) in [6.07, 6.45) is -7.79. The highest BCUT2D eigenvalue weighted by atomic mass is 35.5. The van der Waals surface area contributed by atoms with Crippen molar-refractivity contribution in [2.24, 2.45) is 5.73 Å². The number of hydrogen-bond donors (Lipinski definition) is 2. The molecule has 1 rings (SSSR count). The van der Waals surface area contributed by atoms with Gasteiger partial charge in [0.15, 0.2) is 11.6 Å². The van der Waals surface area contributed by atoms with Crippen molar-refractivity contribution >= 4 is 12.4 Å². The molecule has 0 aliphatic carbocycles. The summed E-state index contributed by atoms with van der Waals surface area (Å²) >= 11 is 0. The first kappa shape index (κ1) is 18.0. The summed E-state index contributed by atoms with van der Waals surface area (Å²) in [5, 5.41) is 9.34. The maximum atomic E-state index is 13.1. The third kappa shape index (κ3) is 4.55. The van der Waals surface area contributed by atoms with Gasteiger partial charge in [-0.15, -0.1) is 12.4 Å². The average molecular weight is 310 g/mol. The van der Waals surface area contributed by atoms with Crippen LogP contribution >= 0.6 is 12.4 Å². The Hall–Kier alpha value is -0.990. The third-order valence-electron chi connectivity index (χ3n) is 2.30. The highest BCUT2D eigenvalue weighted by Crippen LogP contribution is 2.28. The van der Waals surface area contributed by atoms with Crippen molar-refractivity contribution in [3.63, 3.8) is 0 Å². The van der Waals surface area contributed by atoms with Crippen LogP contribution in [-0.2, 0) is 0 Å². The maximum absolute atomic E-state index is 13.1. The normalized spacial score (nSPS) is 14.7. The molecule has 2 nitrogen and oxygen atoms in total. The van der Waals surface area contributed by atoms with E-state index in [1.165, 1.54) is 0 Å². The number of benzene rings is 1. The molecule has 2 atom stereocenters. The van der Waals surface area contributed by atoms with Crippen LogP contribution in [0.4, 0.5) is 26.3 Å². The monoisotopic (exact) mass is 309 g/mol. The molecule has 0 saturated carbocycles. The lowest BCUT2D eigenvalue weighted by atomic mass is 10.0. The summed E-state index contributed by atoms with van der Waals surface area (Å²) in [6, 6.07) is -1.94. The fraction of sp³-hybridized carbons (Fsp3) is 0.400. The maximum Gasteiger partial charge on any atom is 0.403 e. The zero-order chi connectivity index (χ0) is 14.1. The van der Waals surface area contributed by atoms with Crippen LogP contribution in [0.3, 0.4) is 0 Å². The highest BCUT2D eigenvalue weighted by molar-refractivity contribution is 5.85. The number of alkyl halides is 3. The van der Waals surface area contributed by atoms with Crippen LogP contribution in [0.25, 0.3) is 0 Å². The first-order valence-electron chi connectivity index (χ1n) is 4.77. The second-order valence-corrected chi connectivity index (χ2v) is 3.69. The first-order valence-corrected chi connectivity index (χ1v) is 4.77. The summed E-state index contributed by atoms with van der Waals surface area (Å²) in [7, 11) is 0. The minimum absolute atomic E-state index is 0. The molecule has 0 heterocycles. The molecule has 0 aliphatic rings. The van der Waals surface area contributed by atoms with Crippen molar-refractivity contribution in [1.82, 2.24) is 0 Å². The Morgan fingerprint density at radius 3 is 2.00 bits per heavy atom. The van der Waals surface area contributed by atoms with Gasteiger partial charge in [-0.25, -0.2) is 13.2 Å². The van der Waals surface area contributed by atoms with E-state index in [1.54, 1.807) is 0 Å². The molecule has 110 valence electrons. The molecule has 0 saturated heterocycles. The topological polar surface area (TPSA) is 46.2 Å². The van der Waals surface area contributed by atoms with Crippen LogP contribution < -0.4 is 5.73 Å². The van der Waals surface area contributed by atoms with Gasteiger partial charge in [-0.05, 0) is 6.07 Å². The molecule has 3 N–H and O–H groups in total. The highest BCUT2D eigenvalue weighted by Gasteiger charge is 2.38. The molecule has 0 spiro atoms. The Bertz CT molecular complexity index is 439. The minimum atomic E-state index is -4.77. The van der Waals surface area contributed by atoms with E-state index in [0.717, 1.165) is 0 Å². The van der Waals surface area contributed by atoms with Crippen LogP contribution in [0.2, 0.25) is 0 Å². The minimum Gasteiger partial charge on any atom is -0.388 e. The number of rotatable bonds is 3. The number of aliphatic hydroxyl groups excluding tert-OH is 1. The summed E-state index contributed by atoms with van der Waals surface area (Å²) < 4.78 is 74.8. The van der Waals surface area contributed by atoms with Gasteiger partial charge in [-0.1, -0.05) is 0 Å². The van der Waals surface area contributed by atoms with Gasteiger partial charge in [0.25, 0.3) is 0 Å². The Morgan fingerprint density at radius 2 is 1.53 bits per heavy atom. The van der Waals surface area contributed by atoms with E-state index in [9.17, 15) is 31.4 Å². The van der Waals surface area contributed by atoms with Gasteiger partial charge in [-0.3, -0.25) is 0 Å². The molecular weight excluding hydrogens is 300 g/mol. The summed E-state index contributed by atoms with van der Waals surface area (Å²) in [5.74, 6) is -4.30. The van der Waals surface area contributed by atoms with Gasteiger partial charge < -0.3 is 10.8 Å². The van der Waals surface area contributed by atoms with Crippen LogP contribution in [0.1, 0.15) is 18.1 Å². The van der Waals surface area contributed by atoms with E-state index in [2.05, 4.69) is 0 Å². The van der Waals surface area contributed by atoms with Gasteiger partial charge in [0, 0.05) is 18.1 Å². The summed E-state index contributed by atoms with van der Waals surface area (Å²) in [4.78, 5) is 0. The second kappa shape index (κ2) is 6.44. The molecule has 19 heavy (non-hydrogen) atoms. The van der Waals surface area contributed by atoms with Gasteiger partial charge in [0.05, 0.1) is 6.10 Å². The van der Waals surface area contributed by atoms with Crippen molar-refractivity contribution in [1.29, 1.82) is 0 Å². The molecule has 0 aromatic heterocycles. The number of hydrogen-bond acceptors (Lipinski definition) is 2. The first-order chi connectivity index (χ1) is 8.12. The van der Waals surface area contributed by atoms with E-state index in [1.807, 2.05) is 0 Å². The molecule has 1 aromatic rings. The standard InChI is InChI=1S/C10H9F6NO.ClH/c11-5-2-7(13)6(12)1-4(5)8(18)3-9(17)10(14,15)16;/h1-2,8-9,18H,3,17H2;1H/t8-,9-;/m1./s1. The molecule has 0 fully saturated rings. The Labute approximate surface area is 110 Å². The van der Waals surface area contributed by atoms with Crippen molar-refractivity contribution in [3.8, 4) is 0 Å². The molecule has 9 heteroatoms. The van der Waals surface area contributed by atoms with Crippen molar-refractivity contribution in [2.45, 2.75) is 24.7 Å². The van der Waals surface area contributed by atoms with E-state index in [4.69, 9.17) is 5.73 Å². The molecule has 0 amide bonds. The van der Waals surface area contributed by atoms with Gasteiger partial charge in [0.2, 0.25) is 0 Å². The van der Waals surface area contributed by atoms with E-state index < -0.39 is 47.8 Å². The Balaban J connectivity index is 0.00000324. The predicted molar refractivity (Wildman–Crippen MR) is 57.2 cm³/mol. The van der Waals surface area contributed by atoms with Gasteiger partial charge in [-0.2, -0.15) is 13.2 Å². The molecule has 1 aromatic carbocycles. The van der Waals surface area contributed by atoms with Gasteiger partial charge in [0.1, 0.15) is 11.9 Å². The summed E-state index contributed by atoms with van der Waals surface area (Å²) in [5.41, 5.74) is 3.96. The molecule has 0 aliphatic heterocycles. The summed E-state index contributed by atoms with van der Waals surface area (Å²) in [6.45, 7) is 0. The lowest BCUT2D eigenvalue weighted by Gasteiger charge is -2.19. The van der Waals surface area contributed by atoms with Crippen LogP contribution in [-0.4, -0.2) is 17.3 Å². The lowest BCUT2D eigenvalue weighted by Crippen LogP contribution is -2.38. The van der Waals surface area contributed by atoms with Crippen molar-refractivity contribution in [2.75, 3.05) is 0 Å². The van der Waals surface area contributed by atoms with Gasteiger partial charge >= 0.3 is 6.18 Å². The van der Waals surface area contributed by atoms with E-state index in [-0.39, 0.29) is 18.5 Å². The van der Waals surface area contributed by atoms with Crippen molar-refractivity contribution < 1.29 is 31.4 Å². The SMILES string of the molecule is Cl.N[C@H](C[C@@H](O)c1cc(F)c(F)cc1F)C(F)(F)F. The molecular formula is C10H10ClF6NO. The number of halogens is 7. The molecule has 0 bridgehead atoms. The van der Waals surface area contributed by atoms with E-state index in [0.29, 0.717) is 6.07 Å². The molecule has 0 unspecified atom stereocenters. The average Bonchev–Trinajstić information content (AvgIpc) is 2.21. The smallest absolute Gasteiger partial charge is 0.388 e. The fourth-order valence-corrected chi connectivity index (χ4v) is 1.29. The Morgan fingerprint density at radius 1 is 1.05 bits per heavy atom. The van der Waals surface area contributed by atoms with Crippen LogP contribution in [0.15, 0.2) is 12.1 Å². The Kier molecular flexibility index (Phi) is 6.11. The van der Waals surface area contributed by atoms with Crippen molar-refractivity contribution in [3.05, 3.63) is 35.1 Å². The molecule has 0 radical (unpaired) electrons. The fourth-order valence-electron chi connectivity index (χ4n) is 1.29. The quantitative estimate of drug-likeness (QED) is 0.666. The van der Waals surface area contributed by atoms with Crippen LogP contribution in [0, 0.1) is 17.5 Å². The number of nitrogens with two attached hydrogens (primary N) is 1. The third-order valence-corrected chi connectivity index (χ3v) is 2.30. The predicted octanol–water partition coefficient (Wildman–Crippen LogP) is 2.84.